The van der Waals surface area contributed by atoms with E-state index in [-0.39, 0.29) is 12.0 Å². The number of hydrogen-bond donors (Lipinski definition) is 0. The lowest BCUT2D eigenvalue weighted by Gasteiger charge is -2.31. The van der Waals surface area contributed by atoms with Gasteiger partial charge in [-0.05, 0) is 35.3 Å². The topological polar surface area (TPSA) is 29.5 Å². The Kier molecular flexibility index (Phi) is 6.45. The number of nitrogens with zero attached hydrogens (tertiary/aromatic N) is 1. The van der Waals surface area contributed by atoms with E-state index in [1.165, 1.54) is 11.6 Å². The molecule has 0 bridgehead atoms. The highest BCUT2D eigenvalue weighted by atomic mass is 19.2. The molecule has 2 aromatic rings. The molecule has 1 aliphatic rings. The van der Waals surface area contributed by atoms with Crippen molar-refractivity contribution in [3.8, 4) is 5.75 Å². The predicted molar refractivity (Wildman–Crippen MR) is 106 cm³/mol. The highest BCUT2D eigenvalue weighted by Gasteiger charge is 2.23. The minimum atomic E-state index is -0.920. The van der Waals surface area contributed by atoms with Gasteiger partial charge in [0.1, 0.15) is 11.9 Å². The molecular formula is C23H25F2NO2. The first-order valence-corrected chi connectivity index (χ1v) is 9.61. The molecule has 0 spiro atoms. The van der Waals surface area contributed by atoms with E-state index in [1.807, 2.05) is 18.2 Å². The summed E-state index contributed by atoms with van der Waals surface area (Å²) in [5.74, 6) is -1.04. The van der Waals surface area contributed by atoms with Crippen LogP contribution in [0.5, 0.6) is 5.75 Å². The monoisotopic (exact) mass is 385 g/mol. The van der Waals surface area contributed by atoms with Crippen LogP contribution in [-0.4, -0.2) is 30.0 Å². The Hall–Kier alpha value is -2.69. The average molecular weight is 385 g/mol. The number of benzene rings is 2. The molecule has 1 heterocycles. The molecule has 0 aromatic heterocycles. The van der Waals surface area contributed by atoms with Crippen LogP contribution in [0.4, 0.5) is 8.78 Å². The van der Waals surface area contributed by atoms with Crippen molar-refractivity contribution in [3.05, 3.63) is 71.3 Å². The standard InChI is InChI=1S/C23H25F2NO2/c1-16(2)18-6-3-17(4-7-18)5-10-23(27)26-13-11-19(12-14-26)28-20-8-9-21(24)22(25)15-20/h3-10,15-16,19H,11-14H2,1-2H3/b10-5+. The normalized spacial score (nSPS) is 15.4. The third kappa shape index (κ3) is 5.18. The van der Waals surface area contributed by atoms with Gasteiger partial charge in [0.25, 0.3) is 0 Å². The summed E-state index contributed by atoms with van der Waals surface area (Å²) in [5, 5.41) is 0. The van der Waals surface area contributed by atoms with Crippen molar-refractivity contribution < 1.29 is 18.3 Å². The lowest BCUT2D eigenvalue weighted by Crippen LogP contribution is -2.41. The molecule has 148 valence electrons. The van der Waals surface area contributed by atoms with Crippen LogP contribution in [-0.2, 0) is 4.79 Å². The lowest BCUT2D eigenvalue weighted by atomic mass is 10.0. The van der Waals surface area contributed by atoms with Crippen LogP contribution in [0.15, 0.2) is 48.5 Å². The molecule has 2 aromatic carbocycles. The quantitative estimate of drug-likeness (QED) is 0.665. The molecule has 0 aliphatic carbocycles. The summed E-state index contributed by atoms with van der Waals surface area (Å²) in [6.45, 7) is 5.44. The highest BCUT2D eigenvalue weighted by Crippen LogP contribution is 2.21. The molecule has 0 saturated carbocycles. The Balaban J connectivity index is 1.49. The summed E-state index contributed by atoms with van der Waals surface area (Å²) in [6.07, 6.45) is 4.63. The Morgan fingerprint density at radius 1 is 1.07 bits per heavy atom. The lowest BCUT2D eigenvalue weighted by molar-refractivity contribution is -0.127. The number of halogens is 2. The van der Waals surface area contributed by atoms with E-state index >= 15 is 0 Å². The Bertz CT molecular complexity index is 838. The molecule has 0 unspecified atom stereocenters. The molecule has 0 radical (unpaired) electrons. The zero-order valence-corrected chi connectivity index (χ0v) is 16.2. The van der Waals surface area contributed by atoms with Gasteiger partial charge in [-0.1, -0.05) is 38.1 Å². The van der Waals surface area contributed by atoms with Crippen molar-refractivity contribution in [1.82, 2.24) is 4.90 Å². The van der Waals surface area contributed by atoms with Crippen molar-refractivity contribution in [2.24, 2.45) is 0 Å². The van der Waals surface area contributed by atoms with Crippen molar-refractivity contribution >= 4 is 12.0 Å². The smallest absolute Gasteiger partial charge is 0.246 e. The van der Waals surface area contributed by atoms with Crippen LogP contribution in [0.3, 0.4) is 0 Å². The summed E-state index contributed by atoms with van der Waals surface area (Å²) < 4.78 is 32.0. The molecule has 1 aliphatic heterocycles. The summed E-state index contributed by atoms with van der Waals surface area (Å²) in [5.41, 5.74) is 2.26. The second-order valence-electron chi connectivity index (χ2n) is 7.37. The third-order valence-electron chi connectivity index (χ3n) is 4.97. The molecule has 1 amide bonds. The van der Waals surface area contributed by atoms with Gasteiger partial charge in [0.15, 0.2) is 11.6 Å². The van der Waals surface area contributed by atoms with E-state index in [2.05, 4.69) is 26.0 Å². The molecule has 1 fully saturated rings. The minimum absolute atomic E-state index is 0.0285. The fourth-order valence-corrected chi connectivity index (χ4v) is 3.20. The molecule has 3 nitrogen and oxygen atoms in total. The first kappa shape index (κ1) is 20.1. The Morgan fingerprint density at radius 3 is 2.36 bits per heavy atom. The number of amides is 1. The van der Waals surface area contributed by atoms with Crippen LogP contribution in [0.2, 0.25) is 0 Å². The number of hydrogen-bond acceptors (Lipinski definition) is 2. The van der Waals surface area contributed by atoms with Gasteiger partial charge in [-0.3, -0.25) is 4.79 Å². The van der Waals surface area contributed by atoms with E-state index < -0.39 is 11.6 Å². The van der Waals surface area contributed by atoms with E-state index in [9.17, 15) is 13.6 Å². The number of likely N-dealkylation sites (tertiary alicyclic amines) is 1. The predicted octanol–water partition coefficient (Wildman–Crippen LogP) is 5.17. The van der Waals surface area contributed by atoms with Crippen LogP contribution < -0.4 is 4.74 Å². The number of rotatable bonds is 5. The van der Waals surface area contributed by atoms with Gasteiger partial charge < -0.3 is 9.64 Å². The van der Waals surface area contributed by atoms with Crippen LogP contribution in [0.1, 0.15) is 43.7 Å². The molecule has 5 heteroatoms. The zero-order valence-electron chi connectivity index (χ0n) is 16.2. The van der Waals surface area contributed by atoms with Gasteiger partial charge in [-0.25, -0.2) is 8.78 Å². The van der Waals surface area contributed by atoms with E-state index in [0.29, 0.717) is 37.6 Å². The fraction of sp³-hybridized carbons (Fsp3) is 0.348. The summed E-state index contributed by atoms with van der Waals surface area (Å²) in [7, 11) is 0. The van der Waals surface area contributed by atoms with Crippen LogP contribution in [0, 0.1) is 11.6 Å². The second-order valence-corrected chi connectivity index (χ2v) is 7.37. The van der Waals surface area contributed by atoms with Crippen molar-refractivity contribution in [3.63, 3.8) is 0 Å². The summed E-state index contributed by atoms with van der Waals surface area (Å²) in [6, 6.07) is 11.7. The van der Waals surface area contributed by atoms with E-state index in [4.69, 9.17) is 4.74 Å². The summed E-state index contributed by atoms with van der Waals surface area (Å²) in [4.78, 5) is 14.2. The third-order valence-corrected chi connectivity index (χ3v) is 4.97. The Labute approximate surface area is 164 Å². The molecular weight excluding hydrogens is 360 g/mol. The van der Waals surface area contributed by atoms with Gasteiger partial charge in [0.05, 0.1) is 0 Å². The number of ether oxygens (including phenoxy) is 1. The fourth-order valence-electron chi connectivity index (χ4n) is 3.20. The molecule has 0 N–H and O–H groups in total. The largest absolute Gasteiger partial charge is 0.490 e. The van der Waals surface area contributed by atoms with Crippen LogP contribution >= 0.6 is 0 Å². The zero-order chi connectivity index (χ0) is 20.1. The van der Waals surface area contributed by atoms with Crippen LogP contribution in [0.25, 0.3) is 6.08 Å². The maximum absolute atomic E-state index is 13.3. The number of carbonyl (C=O) groups is 1. The highest BCUT2D eigenvalue weighted by molar-refractivity contribution is 5.91. The Morgan fingerprint density at radius 2 is 1.75 bits per heavy atom. The molecule has 0 atom stereocenters. The minimum Gasteiger partial charge on any atom is -0.490 e. The molecule has 1 saturated heterocycles. The van der Waals surface area contributed by atoms with E-state index in [0.717, 1.165) is 17.7 Å². The summed E-state index contributed by atoms with van der Waals surface area (Å²) >= 11 is 0. The molecule has 28 heavy (non-hydrogen) atoms. The second kappa shape index (κ2) is 9.00. The molecule has 3 rings (SSSR count). The van der Waals surface area contributed by atoms with Crippen molar-refractivity contribution in [1.29, 1.82) is 0 Å². The maximum atomic E-state index is 13.3. The first-order chi connectivity index (χ1) is 13.4. The number of piperidine rings is 1. The van der Waals surface area contributed by atoms with Crippen molar-refractivity contribution in [2.75, 3.05) is 13.1 Å². The number of carbonyl (C=O) groups excluding carboxylic acids is 1. The van der Waals surface area contributed by atoms with Gasteiger partial charge in [-0.2, -0.15) is 0 Å². The average Bonchev–Trinajstić information content (AvgIpc) is 2.70. The van der Waals surface area contributed by atoms with E-state index in [1.54, 1.807) is 11.0 Å². The van der Waals surface area contributed by atoms with Gasteiger partial charge in [0.2, 0.25) is 5.91 Å². The van der Waals surface area contributed by atoms with Gasteiger partial charge in [-0.15, -0.1) is 0 Å². The maximum Gasteiger partial charge on any atom is 0.246 e. The van der Waals surface area contributed by atoms with Gasteiger partial charge in [0, 0.05) is 38.1 Å². The van der Waals surface area contributed by atoms with Gasteiger partial charge >= 0.3 is 0 Å². The first-order valence-electron chi connectivity index (χ1n) is 9.61. The van der Waals surface area contributed by atoms with Crippen molar-refractivity contribution in [2.45, 2.75) is 38.7 Å². The SMILES string of the molecule is CC(C)c1ccc(/C=C/C(=O)N2CCC(Oc3ccc(F)c(F)c3)CC2)cc1.